The number of rotatable bonds is 3. The smallest absolute Gasteiger partial charge is 0.144 e. The molecule has 0 spiro atoms. The fourth-order valence-electron chi connectivity index (χ4n) is 2.95. The van der Waals surface area contributed by atoms with E-state index >= 15 is 0 Å². The Morgan fingerprint density at radius 1 is 1.33 bits per heavy atom. The quantitative estimate of drug-likeness (QED) is 0.815. The Labute approximate surface area is 110 Å². The Balaban J connectivity index is 2.09. The van der Waals surface area contributed by atoms with E-state index in [0.717, 1.165) is 26.1 Å². The first-order chi connectivity index (χ1) is 8.55. The third kappa shape index (κ3) is 2.64. The van der Waals surface area contributed by atoms with Gasteiger partial charge in [0.2, 0.25) is 0 Å². The van der Waals surface area contributed by atoms with Crippen molar-refractivity contribution in [1.29, 1.82) is 0 Å². The summed E-state index contributed by atoms with van der Waals surface area (Å²) in [5, 5.41) is 0. The molecule has 0 radical (unpaired) electrons. The van der Waals surface area contributed by atoms with Crippen molar-refractivity contribution in [3.8, 4) is 0 Å². The molecule has 0 amide bonds. The Morgan fingerprint density at radius 3 is 2.61 bits per heavy atom. The molecule has 1 aromatic rings. The monoisotopic (exact) mass is 245 g/mol. The van der Waals surface area contributed by atoms with E-state index in [4.69, 9.17) is 0 Å². The minimum absolute atomic E-state index is 0.160. The van der Waals surface area contributed by atoms with Gasteiger partial charge in [0, 0.05) is 31.0 Å². The van der Waals surface area contributed by atoms with Crippen LogP contribution in [0.15, 0.2) is 30.3 Å². The zero-order valence-electron chi connectivity index (χ0n) is 11.6. The summed E-state index contributed by atoms with van der Waals surface area (Å²) in [5.41, 5.74) is 1.17. The first-order valence-corrected chi connectivity index (χ1v) is 6.86. The van der Waals surface area contributed by atoms with Gasteiger partial charge in [-0.05, 0) is 12.0 Å². The average molecular weight is 245 g/mol. The molecule has 2 heteroatoms. The maximum absolute atomic E-state index is 12.2. The Kier molecular flexibility index (Phi) is 3.86. The molecule has 1 aliphatic rings. The van der Waals surface area contributed by atoms with Gasteiger partial charge < -0.3 is 0 Å². The van der Waals surface area contributed by atoms with E-state index in [9.17, 15) is 4.79 Å². The van der Waals surface area contributed by atoms with E-state index < -0.39 is 0 Å². The van der Waals surface area contributed by atoms with E-state index in [2.05, 4.69) is 49.9 Å². The van der Waals surface area contributed by atoms with Gasteiger partial charge in [-0.1, -0.05) is 51.1 Å². The van der Waals surface area contributed by atoms with Crippen LogP contribution in [0.3, 0.4) is 0 Å². The highest BCUT2D eigenvalue weighted by Crippen LogP contribution is 2.32. The van der Waals surface area contributed by atoms with Gasteiger partial charge >= 0.3 is 0 Å². The van der Waals surface area contributed by atoms with Gasteiger partial charge in [-0.15, -0.1) is 0 Å². The van der Waals surface area contributed by atoms with Crippen molar-refractivity contribution >= 4 is 5.78 Å². The summed E-state index contributed by atoms with van der Waals surface area (Å²) < 4.78 is 0. The van der Waals surface area contributed by atoms with Crippen LogP contribution in [0.1, 0.15) is 32.8 Å². The fraction of sp³-hybridized carbons (Fsp3) is 0.562. The van der Waals surface area contributed by atoms with Crippen molar-refractivity contribution in [3.63, 3.8) is 0 Å². The molecule has 0 N–H and O–H groups in total. The molecule has 1 saturated heterocycles. The van der Waals surface area contributed by atoms with Crippen molar-refractivity contribution in [1.82, 2.24) is 4.90 Å². The van der Waals surface area contributed by atoms with Crippen LogP contribution in [0.4, 0.5) is 0 Å². The second-order valence-corrected chi connectivity index (χ2v) is 5.83. The second-order valence-electron chi connectivity index (χ2n) is 5.83. The largest absolute Gasteiger partial charge is 0.299 e. The van der Waals surface area contributed by atoms with Gasteiger partial charge in [0.25, 0.3) is 0 Å². The Morgan fingerprint density at radius 2 is 2.00 bits per heavy atom. The van der Waals surface area contributed by atoms with E-state index in [-0.39, 0.29) is 11.3 Å². The standard InChI is InChI=1S/C16H23NO/c1-4-16(3)12-17(10-13(2)15(16)18)11-14-8-6-5-7-9-14/h5-9,13H,4,10-12H2,1-3H3. The SMILES string of the molecule is CCC1(C)CN(Cc2ccccc2)CC(C)C1=O. The van der Waals surface area contributed by atoms with E-state index in [0.29, 0.717) is 5.78 Å². The van der Waals surface area contributed by atoms with Crippen LogP contribution in [-0.4, -0.2) is 23.8 Å². The summed E-state index contributed by atoms with van der Waals surface area (Å²) >= 11 is 0. The van der Waals surface area contributed by atoms with Gasteiger partial charge in [-0.2, -0.15) is 0 Å². The molecule has 2 unspecified atom stereocenters. The zero-order valence-corrected chi connectivity index (χ0v) is 11.6. The second kappa shape index (κ2) is 5.23. The van der Waals surface area contributed by atoms with Crippen LogP contribution in [-0.2, 0) is 11.3 Å². The highest BCUT2D eigenvalue weighted by molar-refractivity contribution is 5.87. The number of piperidine rings is 1. The predicted octanol–water partition coefficient (Wildman–Crippen LogP) is 3.12. The minimum Gasteiger partial charge on any atom is -0.299 e. The summed E-state index contributed by atoms with van der Waals surface area (Å²) in [4.78, 5) is 14.7. The van der Waals surface area contributed by atoms with Crippen LogP contribution in [0, 0.1) is 11.3 Å². The summed E-state index contributed by atoms with van der Waals surface area (Å²) in [6.07, 6.45) is 0.932. The van der Waals surface area contributed by atoms with Crippen LogP contribution < -0.4 is 0 Å². The third-order valence-corrected chi connectivity index (χ3v) is 4.18. The molecule has 2 atom stereocenters. The molecule has 0 saturated carbocycles. The number of carbonyl (C=O) groups is 1. The molecule has 1 fully saturated rings. The number of hydrogen-bond acceptors (Lipinski definition) is 2. The molecule has 2 nitrogen and oxygen atoms in total. The maximum atomic E-state index is 12.2. The minimum atomic E-state index is -0.160. The molecule has 1 aromatic carbocycles. The summed E-state index contributed by atoms with van der Waals surface area (Å²) in [5.74, 6) is 0.599. The van der Waals surface area contributed by atoms with E-state index in [1.165, 1.54) is 5.56 Å². The lowest BCUT2D eigenvalue weighted by atomic mass is 9.74. The Bertz CT molecular complexity index is 414. The number of hydrogen-bond donors (Lipinski definition) is 0. The molecular formula is C16H23NO. The molecule has 1 heterocycles. The van der Waals surface area contributed by atoms with Gasteiger partial charge in [0.15, 0.2) is 0 Å². The number of carbonyl (C=O) groups excluding carboxylic acids is 1. The molecule has 18 heavy (non-hydrogen) atoms. The number of Topliss-reactive ketones (excluding diaryl/α,β-unsaturated/α-hetero) is 1. The van der Waals surface area contributed by atoms with Crippen molar-refractivity contribution in [2.24, 2.45) is 11.3 Å². The highest BCUT2D eigenvalue weighted by atomic mass is 16.1. The van der Waals surface area contributed by atoms with Crippen molar-refractivity contribution in [3.05, 3.63) is 35.9 Å². The molecule has 0 bridgehead atoms. The maximum Gasteiger partial charge on any atom is 0.144 e. The van der Waals surface area contributed by atoms with Gasteiger partial charge in [-0.25, -0.2) is 0 Å². The number of ketones is 1. The molecular weight excluding hydrogens is 222 g/mol. The topological polar surface area (TPSA) is 20.3 Å². The van der Waals surface area contributed by atoms with Crippen LogP contribution in [0.2, 0.25) is 0 Å². The molecule has 2 rings (SSSR count). The average Bonchev–Trinajstić information content (AvgIpc) is 2.37. The van der Waals surface area contributed by atoms with Crippen LogP contribution in [0.5, 0.6) is 0 Å². The summed E-state index contributed by atoms with van der Waals surface area (Å²) in [6, 6.07) is 10.5. The zero-order chi connectivity index (χ0) is 13.2. The lowest BCUT2D eigenvalue weighted by molar-refractivity contribution is -0.138. The number of likely N-dealkylation sites (tertiary alicyclic amines) is 1. The van der Waals surface area contributed by atoms with Crippen LogP contribution in [0.25, 0.3) is 0 Å². The fourth-order valence-corrected chi connectivity index (χ4v) is 2.95. The number of nitrogens with zero attached hydrogens (tertiary/aromatic N) is 1. The van der Waals surface area contributed by atoms with Crippen molar-refractivity contribution < 1.29 is 4.79 Å². The lowest BCUT2D eigenvalue weighted by Gasteiger charge is -2.41. The third-order valence-electron chi connectivity index (χ3n) is 4.18. The van der Waals surface area contributed by atoms with Gasteiger partial charge in [0.1, 0.15) is 5.78 Å². The van der Waals surface area contributed by atoms with Gasteiger partial charge in [0.05, 0.1) is 0 Å². The molecule has 98 valence electrons. The highest BCUT2D eigenvalue weighted by Gasteiger charge is 2.40. The summed E-state index contributed by atoms with van der Waals surface area (Å²) in [6.45, 7) is 9.03. The lowest BCUT2D eigenvalue weighted by Crippen LogP contribution is -2.51. The predicted molar refractivity (Wildman–Crippen MR) is 74.3 cm³/mol. The molecule has 0 aromatic heterocycles. The summed E-state index contributed by atoms with van der Waals surface area (Å²) in [7, 11) is 0. The first-order valence-electron chi connectivity index (χ1n) is 6.86. The normalized spacial score (nSPS) is 29.5. The number of benzene rings is 1. The van der Waals surface area contributed by atoms with Crippen molar-refractivity contribution in [2.45, 2.75) is 33.7 Å². The van der Waals surface area contributed by atoms with Crippen molar-refractivity contribution in [2.75, 3.05) is 13.1 Å². The molecule has 1 aliphatic heterocycles. The molecule has 0 aliphatic carbocycles. The Hall–Kier alpha value is -1.15. The van der Waals surface area contributed by atoms with Gasteiger partial charge in [-0.3, -0.25) is 9.69 Å². The first kappa shape index (κ1) is 13.3. The van der Waals surface area contributed by atoms with E-state index in [1.54, 1.807) is 0 Å². The van der Waals surface area contributed by atoms with E-state index in [1.807, 2.05) is 6.07 Å². The van der Waals surface area contributed by atoms with Crippen LogP contribution >= 0.6 is 0 Å².